The molecular formula is C26H27NO5S. The zero-order chi connectivity index (χ0) is 23.8. The van der Waals surface area contributed by atoms with Crippen LogP contribution in [0.1, 0.15) is 24.5 Å². The lowest BCUT2D eigenvalue weighted by Crippen LogP contribution is -2.35. The molecule has 7 heteroatoms. The van der Waals surface area contributed by atoms with Crippen LogP contribution in [0.2, 0.25) is 0 Å². The Hall–Kier alpha value is -3.58. The highest BCUT2D eigenvalue weighted by atomic mass is 32.2. The summed E-state index contributed by atoms with van der Waals surface area (Å²) in [6.45, 7) is 4.41. The Labute approximate surface area is 195 Å². The second-order valence-electron chi connectivity index (χ2n) is 7.34. The zero-order valence-electron chi connectivity index (χ0n) is 18.9. The summed E-state index contributed by atoms with van der Waals surface area (Å²) in [5.74, 6) is 0.475. The molecule has 0 aliphatic heterocycles. The zero-order valence-corrected chi connectivity index (χ0v) is 19.7. The van der Waals surface area contributed by atoms with Crippen molar-refractivity contribution in [1.82, 2.24) is 0 Å². The number of sulfonamides is 1. The van der Waals surface area contributed by atoms with Crippen LogP contribution in [0.3, 0.4) is 0 Å². The molecule has 0 heterocycles. The van der Waals surface area contributed by atoms with Crippen LogP contribution in [-0.2, 0) is 14.8 Å². The summed E-state index contributed by atoms with van der Waals surface area (Å²) in [5.41, 5.74) is 1.81. The Bertz CT molecular complexity index is 1220. The number of hydrogen-bond donors (Lipinski definition) is 0. The predicted octanol–water partition coefficient (Wildman–Crippen LogP) is 5.23. The summed E-state index contributed by atoms with van der Waals surface area (Å²) in [6.07, 6.45) is 3.65. The van der Waals surface area contributed by atoms with Gasteiger partial charge >= 0.3 is 0 Å². The minimum absolute atomic E-state index is 0.0253. The number of carbonyl (C=O) groups excluding carboxylic acids is 1. The van der Waals surface area contributed by atoms with Gasteiger partial charge in [0.1, 0.15) is 11.5 Å². The molecule has 3 rings (SSSR count). The van der Waals surface area contributed by atoms with E-state index in [-0.39, 0.29) is 10.6 Å². The number of amides is 1. The van der Waals surface area contributed by atoms with E-state index in [0.29, 0.717) is 23.7 Å². The smallest absolute Gasteiger partial charge is 0.271 e. The third-order valence-electron chi connectivity index (χ3n) is 4.85. The fourth-order valence-electron chi connectivity index (χ4n) is 3.11. The van der Waals surface area contributed by atoms with Gasteiger partial charge in [-0.25, -0.2) is 8.42 Å². The first-order chi connectivity index (χ1) is 15.9. The van der Waals surface area contributed by atoms with Crippen molar-refractivity contribution < 1.29 is 22.7 Å². The standard InChI is InChI=1S/C26H27NO5S/c1-4-19-32-25-8-6-5-7-21(25)11-18-26(28)27(22-12-14-23(31-3)15-13-22)33(29,30)24-16-9-20(2)10-17-24/h5-18H,4,19H2,1-3H3/b18-11+. The van der Waals surface area contributed by atoms with Crippen LogP contribution in [0.4, 0.5) is 5.69 Å². The van der Waals surface area contributed by atoms with Gasteiger partial charge in [-0.05, 0) is 61.9 Å². The fraction of sp³-hybridized carbons (Fsp3) is 0.192. The van der Waals surface area contributed by atoms with Crippen molar-refractivity contribution in [2.45, 2.75) is 25.2 Å². The molecule has 0 aliphatic rings. The molecule has 0 aliphatic carbocycles. The summed E-state index contributed by atoms with van der Waals surface area (Å²) >= 11 is 0. The highest BCUT2D eigenvalue weighted by Crippen LogP contribution is 2.27. The van der Waals surface area contributed by atoms with Crippen molar-refractivity contribution in [3.63, 3.8) is 0 Å². The molecule has 0 saturated carbocycles. The van der Waals surface area contributed by atoms with Crippen LogP contribution in [0, 0.1) is 6.92 Å². The van der Waals surface area contributed by atoms with Gasteiger partial charge in [-0.15, -0.1) is 0 Å². The molecule has 33 heavy (non-hydrogen) atoms. The first-order valence-corrected chi connectivity index (χ1v) is 12.0. The van der Waals surface area contributed by atoms with E-state index in [1.165, 1.54) is 37.5 Å². The molecule has 0 unspecified atom stereocenters. The van der Waals surface area contributed by atoms with Crippen molar-refractivity contribution in [3.05, 3.63) is 90.0 Å². The predicted molar refractivity (Wildman–Crippen MR) is 130 cm³/mol. The monoisotopic (exact) mass is 465 g/mol. The third kappa shape index (κ3) is 5.81. The molecule has 6 nitrogen and oxygen atoms in total. The Balaban J connectivity index is 2.01. The number of anilines is 1. The summed E-state index contributed by atoms with van der Waals surface area (Å²) in [6, 6.07) is 20.0. The number of aryl methyl sites for hydroxylation is 1. The summed E-state index contributed by atoms with van der Waals surface area (Å²) in [7, 11) is -2.64. The number of benzene rings is 3. The van der Waals surface area contributed by atoms with Crippen LogP contribution in [0.5, 0.6) is 11.5 Å². The largest absolute Gasteiger partial charge is 0.497 e. The fourth-order valence-corrected chi connectivity index (χ4v) is 4.50. The van der Waals surface area contributed by atoms with Crippen LogP contribution in [-0.4, -0.2) is 28.0 Å². The van der Waals surface area contributed by atoms with Gasteiger partial charge in [0, 0.05) is 11.6 Å². The molecule has 3 aromatic rings. The average molecular weight is 466 g/mol. The number of ether oxygens (including phenoxy) is 2. The van der Waals surface area contributed by atoms with E-state index in [0.717, 1.165) is 16.3 Å². The number of nitrogens with zero attached hydrogens (tertiary/aromatic N) is 1. The van der Waals surface area contributed by atoms with Crippen molar-refractivity contribution in [3.8, 4) is 11.5 Å². The summed E-state index contributed by atoms with van der Waals surface area (Å²) in [5, 5.41) is 0. The minimum Gasteiger partial charge on any atom is -0.497 e. The normalized spacial score (nSPS) is 11.4. The number of methoxy groups -OCH3 is 1. The highest BCUT2D eigenvalue weighted by molar-refractivity contribution is 7.93. The Kier molecular flexibility index (Phi) is 7.90. The molecule has 0 N–H and O–H groups in total. The lowest BCUT2D eigenvalue weighted by molar-refractivity contribution is -0.113. The van der Waals surface area contributed by atoms with E-state index in [1.54, 1.807) is 36.4 Å². The number of carbonyl (C=O) groups is 1. The van der Waals surface area contributed by atoms with Crippen molar-refractivity contribution in [2.24, 2.45) is 0 Å². The molecule has 0 aromatic heterocycles. The molecule has 3 aromatic carbocycles. The Morgan fingerprint density at radius 2 is 1.64 bits per heavy atom. The molecule has 0 bridgehead atoms. The van der Waals surface area contributed by atoms with Gasteiger partial charge in [-0.1, -0.05) is 42.8 Å². The molecule has 0 saturated heterocycles. The third-order valence-corrected chi connectivity index (χ3v) is 6.59. The molecule has 0 atom stereocenters. The van der Waals surface area contributed by atoms with Crippen LogP contribution < -0.4 is 13.8 Å². The van der Waals surface area contributed by atoms with E-state index < -0.39 is 15.9 Å². The van der Waals surface area contributed by atoms with Gasteiger partial charge in [0.2, 0.25) is 0 Å². The van der Waals surface area contributed by atoms with Gasteiger partial charge in [-0.3, -0.25) is 4.79 Å². The first kappa shape index (κ1) is 24.1. The second kappa shape index (κ2) is 10.8. The first-order valence-electron chi connectivity index (χ1n) is 10.6. The maximum Gasteiger partial charge on any atom is 0.271 e. The molecule has 1 amide bonds. The maximum atomic E-state index is 13.5. The quantitative estimate of drug-likeness (QED) is 0.405. The van der Waals surface area contributed by atoms with E-state index in [1.807, 2.05) is 32.0 Å². The number of rotatable bonds is 9. The Morgan fingerprint density at radius 3 is 2.27 bits per heavy atom. The molecular weight excluding hydrogens is 438 g/mol. The van der Waals surface area contributed by atoms with E-state index >= 15 is 0 Å². The molecule has 0 spiro atoms. The van der Waals surface area contributed by atoms with Gasteiger partial charge in [-0.2, -0.15) is 4.31 Å². The van der Waals surface area contributed by atoms with E-state index in [9.17, 15) is 13.2 Å². The van der Waals surface area contributed by atoms with Crippen molar-refractivity contribution in [2.75, 3.05) is 18.0 Å². The second-order valence-corrected chi connectivity index (χ2v) is 9.13. The Morgan fingerprint density at radius 1 is 0.970 bits per heavy atom. The molecule has 0 radical (unpaired) electrons. The highest BCUT2D eigenvalue weighted by Gasteiger charge is 2.29. The topological polar surface area (TPSA) is 72.9 Å². The lowest BCUT2D eigenvalue weighted by atomic mass is 10.2. The SMILES string of the molecule is CCCOc1ccccc1/C=C/C(=O)N(c1ccc(OC)cc1)S(=O)(=O)c1ccc(C)cc1. The van der Waals surface area contributed by atoms with Gasteiger partial charge in [0.15, 0.2) is 0 Å². The number of hydrogen-bond acceptors (Lipinski definition) is 5. The van der Waals surface area contributed by atoms with E-state index in [4.69, 9.17) is 9.47 Å². The van der Waals surface area contributed by atoms with Gasteiger partial charge in [0.05, 0.1) is 24.3 Å². The van der Waals surface area contributed by atoms with Gasteiger partial charge in [0.25, 0.3) is 15.9 Å². The van der Waals surface area contributed by atoms with Crippen LogP contribution >= 0.6 is 0 Å². The van der Waals surface area contributed by atoms with Crippen LogP contribution in [0.15, 0.2) is 83.8 Å². The average Bonchev–Trinajstić information content (AvgIpc) is 2.82. The summed E-state index contributed by atoms with van der Waals surface area (Å²) in [4.78, 5) is 13.3. The molecule has 172 valence electrons. The summed E-state index contributed by atoms with van der Waals surface area (Å²) < 4.78 is 38.6. The molecule has 0 fully saturated rings. The van der Waals surface area contributed by atoms with Crippen molar-refractivity contribution in [1.29, 1.82) is 0 Å². The maximum absolute atomic E-state index is 13.5. The minimum atomic E-state index is -4.16. The van der Waals surface area contributed by atoms with Crippen molar-refractivity contribution >= 4 is 27.7 Å². The lowest BCUT2D eigenvalue weighted by Gasteiger charge is -2.22. The van der Waals surface area contributed by atoms with Gasteiger partial charge < -0.3 is 9.47 Å². The number of para-hydroxylation sites is 1. The van der Waals surface area contributed by atoms with Crippen LogP contribution in [0.25, 0.3) is 6.08 Å². The van der Waals surface area contributed by atoms with E-state index in [2.05, 4.69) is 0 Å².